The minimum absolute atomic E-state index is 0.104. The third-order valence-electron chi connectivity index (χ3n) is 4.98. The molecule has 5 nitrogen and oxygen atoms in total. The van der Waals surface area contributed by atoms with E-state index in [1.807, 2.05) is 18.2 Å². The van der Waals surface area contributed by atoms with Crippen molar-refractivity contribution in [1.82, 2.24) is 5.32 Å². The number of nitrogens with zero attached hydrogens (tertiary/aromatic N) is 1. The molecule has 1 aromatic carbocycles. The fraction of sp³-hybridized carbons (Fsp3) is 0.611. The molecular formula is C18H26ClN3O2. The van der Waals surface area contributed by atoms with Gasteiger partial charge in [0, 0.05) is 36.8 Å². The molecular weight excluding hydrogens is 326 g/mol. The molecule has 3 rings (SSSR count). The van der Waals surface area contributed by atoms with Crippen LogP contribution in [0.25, 0.3) is 0 Å². The van der Waals surface area contributed by atoms with Gasteiger partial charge in [0.05, 0.1) is 12.6 Å². The van der Waals surface area contributed by atoms with Crippen molar-refractivity contribution in [3.63, 3.8) is 0 Å². The lowest BCUT2D eigenvalue weighted by Crippen LogP contribution is -2.41. The molecule has 1 unspecified atom stereocenters. The zero-order valence-corrected chi connectivity index (χ0v) is 14.7. The summed E-state index contributed by atoms with van der Waals surface area (Å²) >= 11 is 6.46. The first-order valence-corrected chi connectivity index (χ1v) is 9.06. The zero-order chi connectivity index (χ0) is 16.8. The van der Waals surface area contributed by atoms with Crippen molar-refractivity contribution >= 4 is 17.6 Å². The van der Waals surface area contributed by atoms with Gasteiger partial charge in [0.25, 0.3) is 0 Å². The van der Waals surface area contributed by atoms with Crippen molar-refractivity contribution in [2.45, 2.75) is 37.2 Å². The number of aliphatic imine (C=N–C) groups is 1. The smallest absolute Gasteiger partial charge is 0.188 e. The predicted molar refractivity (Wildman–Crippen MR) is 96.6 cm³/mol. The Morgan fingerprint density at radius 3 is 2.79 bits per heavy atom. The van der Waals surface area contributed by atoms with Crippen LogP contribution >= 0.6 is 11.6 Å². The summed E-state index contributed by atoms with van der Waals surface area (Å²) in [5.41, 5.74) is 7.10. The number of rotatable bonds is 5. The van der Waals surface area contributed by atoms with Crippen molar-refractivity contribution in [2.24, 2.45) is 10.7 Å². The highest BCUT2D eigenvalue weighted by molar-refractivity contribution is 6.31. The Balaban J connectivity index is 1.68. The number of benzene rings is 1. The number of nitrogens with one attached hydrogen (secondary N) is 1. The van der Waals surface area contributed by atoms with Crippen molar-refractivity contribution in [2.75, 3.05) is 32.9 Å². The highest BCUT2D eigenvalue weighted by Gasteiger charge is 2.36. The van der Waals surface area contributed by atoms with E-state index in [1.54, 1.807) is 0 Å². The fourth-order valence-corrected chi connectivity index (χ4v) is 3.82. The quantitative estimate of drug-likeness (QED) is 0.631. The van der Waals surface area contributed by atoms with Crippen molar-refractivity contribution in [3.8, 4) is 0 Å². The third-order valence-corrected chi connectivity index (χ3v) is 5.31. The molecule has 0 spiro atoms. The van der Waals surface area contributed by atoms with E-state index < -0.39 is 0 Å². The number of hydrogen-bond donors (Lipinski definition) is 2. The Morgan fingerprint density at radius 1 is 1.29 bits per heavy atom. The molecule has 0 aromatic heterocycles. The van der Waals surface area contributed by atoms with Crippen LogP contribution in [0.5, 0.6) is 0 Å². The molecule has 0 amide bonds. The summed E-state index contributed by atoms with van der Waals surface area (Å²) in [6.07, 6.45) is 4.26. The molecule has 2 fully saturated rings. The van der Waals surface area contributed by atoms with Gasteiger partial charge in [0.2, 0.25) is 0 Å². The average Bonchev–Trinajstić information content (AvgIpc) is 3.13. The summed E-state index contributed by atoms with van der Waals surface area (Å²) in [6, 6.07) is 8.02. The Morgan fingerprint density at radius 2 is 2.08 bits per heavy atom. The lowest BCUT2D eigenvalue weighted by Gasteiger charge is -2.37. The normalized spacial score (nSPS) is 24.0. The third kappa shape index (κ3) is 4.21. The van der Waals surface area contributed by atoms with Crippen LogP contribution in [0.3, 0.4) is 0 Å². The lowest BCUT2D eigenvalue weighted by atomic mass is 9.74. The SMILES string of the molecule is NC(=NCC1(c2ccccc2Cl)CCOCC1)NCC1CCCO1. The summed E-state index contributed by atoms with van der Waals surface area (Å²) in [5, 5.41) is 3.98. The van der Waals surface area contributed by atoms with Gasteiger partial charge in [-0.3, -0.25) is 4.99 Å². The molecule has 2 aliphatic heterocycles. The molecule has 0 saturated carbocycles. The van der Waals surface area contributed by atoms with Gasteiger partial charge in [0.1, 0.15) is 0 Å². The molecule has 0 bridgehead atoms. The van der Waals surface area contributed by atoms with E-state index in [-0.39, 0.29) is 11.5 Å². The molecule has 2 aliphatic rings. The summed E-state index contributed by atoms with van der Waals surface area (Å²) in [4.78, 5) is 4.61. The van der Waals surface area contributed by atoms with E-state index in [0.29, 0.717) is 12.5 Å². The van der Waals surface area contributed by atoms with E-state index in [0.717, 1.165) is 62.6 Å². The van der Waals surface area contributed by atoms with Crippen LogP contribution in [0.4, 0.5) is 0 Å². The monoisotopic (exact) mass is 351 g/mol. The molecule has 3 N–H and O–H groups in total. The average molecular weight is 352 g/mol. The van der Waals surface area contributed by atoms with Gasteiger partial charge in [-0.05, 0) is 37.3 Å². The van der Waals surface area contributed by atoms with Crippen LogP contribution in [-0.2, 0) is 14.9 Å². The van der Waals surface area contributed by atoms with Crippen LogP contribution < -0.4 is 11.1 Å². The first kappa shape index (κ1) is 17.5. The van der Waals surface area contributed by atoms with E-state index in [2.05, 4.69) is 16.4 Å². The van der Waals surface area contributed by atoms with Crippen molar-refractivity contribution in [1.29, 1.82) is 0 Å². The predicted octanol–water partition coefficient (Wildman–Crippen LogP) is 2.47. The molecule has 1 aromatic rings. The lowest BCUT2D eigenvalue weighted by molar-refractivity contribution is 0.0531. The molecule has 0 radical (unpaired) electrons. The number of ether oxygens (including phenoxy) is 2. The maximum Gasteiger partial charge on any atom is 0.188 e. The number of halogens is 1. The van der Waals surface area contributed by atoms with Crippen molar-refractivity contribution in [3.05, 3.63) is 34.9 Å². The first-order valence-electron chi connectivity index (χ1n) is 8.68. The molecule has 6 heteroatoms. The maximum absolute atomic E-state index is 6.46. The van der Waals surface area contributed by atoms with Crippen LogP contribution in [0.15, 0.2) is 29.3 Å². The van der Waals surface area contributed by atoms with E-state index in [9.17, 15) is 0 Å². The van der Waals surface area contributed by atoms with Gasteiger partial charge in [0.15, 0.2) is 5.96 Å². The van der Waals surface area contributed by atoms with Crippen LogP contribution in [-0.4, -0.2) is 45.0 Å². The van der Waals surface area contributed by atoms with Gasteiger partial charge in [-0.25, -0.2) is 0 Å². The molecule has 0 aliphatic carbocycles. The molecule has 2 heterocycles. The molecule has 24 heavy (non-hydrogen) atoms. The summed E-state index contributed by atoms with van der Waals surface area (Å²) in [7, 11) is 0. The number of guanidine groups is 1. The molecule has 2 saturated heterocycles. The van der Waals surface area contributed by atoms with Gasteiger partial charge in [-0.15, -0.1) is 0 Å². The minimum Gasteiger partial charge on any atom is -0.381 e. The van der Waals surface area contributed by atoms with Gasteiger partial charge in [-0.1, -0.05) is 29.8 Å². The second-order valence-electron chi connectivity index (χ2n) is 6.59. The highest BCUT2D eigenvalue weighted by Crippen LogP contribution is 2.38. The molecule has 132 valence electrons. The van der Waals surface area contributed by atoms with Crippen LogP contribution in [0.2, 0.25) is 5.02 Å². The minimum atomic E-state index is -0.104. The Labute approximate surface area is 148 Å². The Kier molecular flexibility index (Phi) is 5.98. The van der Waals surface area contributed by atoms with E-state index >= 15 is 0 Å². The van der Waals surface area contributed by atoms with Crippen LogP contribution in [0.1, 0.15) is 31.2 Å². The van der Waals surface area contributed by atoms with Gasteiger partial charge in [-0.2, -0.15) is 0 Å². The maximum atomic E-state index is 6.46. The summed E-state index contributed by atoms with van der Waals surface area (Å²) < 4.78 is 11.1. The van der Waals surface area contributed by atoms with E-state index in [4.69, 9.17) is 26.8 Å². The van der Waals surface area contributed by atoms with Gasteiger partial charge < -0.3 is 20.5 Å². The Bertz CT molecular complexity index is 567. The number of hydrogen-bond acceptors (Lipinski definition) is 3. The summed E-state index contributed by atoms with van der Waals surface area (Å²) in [6.45, 7) is 3.63. The van der Waals surface area contributed by atoms with Crippen LogP contribution in [0, 0.1) is 0 Å². The van der Waals surface area contributed by atoms with E-state index in [1.165, 1.54) is 0 Å². The number of nitrogens with two attached hydrogens (primary N) is 1. The van der Waals surface area contributed by atoms with Gasteiger partial charge >= 0.3 is 0 Å². The summed E-state index contributed by atoms with van der Waals surface area (Å²) in [5.74, 6) is 0.475. The molecule has 1 atom stereocenters. The second kappa shape index (κ2) is 8.19. The Hall–Kier alpha value is -1.30. The largest absolute Gasteiger partial charge is 0.381 e. The highest BCUT2D eigenvalue weighted by atomic mass is 35.5. The standard InChI is InChI=1S/C18H26ClN3O2/c19-16-6-2-1-5-15(16)18(7-10-23-11-8-18)13-22-17(20)21-12-14-4-3-9-24-14/h1-2,5-6,14H,3-4,7-13H2,(H3,20,21,22). The zero-order valence-electron chi connectivity index (χ0n) is 14.0. The van der Waals surface area contributed by atoms with Crippen molar-refractivity contribution < 1.29 is 9.47 Å². The second-order valence-corrected chi connectivity index (χ2v) is 7.00. The fourth-order valence-electron chi connectivity index (χ4n) is 3.48. The topological polar surface area (TPSA) is 68.9 Å². The first-order chi connectivity index (χ1) is 11.7.